The van der Waals surface area contributed by atoms with Crippen LogP contribution in [0.4, 0.5) is 5.69 Å². The van der Waals surface area contributed by atoms with Gasteiger partial charge in [0.15, 0.2) is 4.32 Å². The van der Waals surface area contributed by atoms with Crippen LogP contribution in [0.5, 0.6) is 0 Å². The van der Waals surface area contributed by atoms with E-state index in [0.717, 1.165) is 20.6 Å². The van der Waals surface area contributed by atoms with E-state index in [0.29, 0.717) is 20.8 Å². The number of rotatable bonds is 2. The van der Waals surface area contributed by atoms with Crippen molar-refractivity contribution in [2.75, 3.05) is 11.4 Å². The van der Waals surface area contributed by atoms with Gasteiger partial charge in [-0.2, -0.15) is 5.01 Å². The number of nitrogens with zero attached hydrogens (tertiary/aromatic N) is 2. The quantitative estimate of drug-likeness (QED) is 0.622. The highest BCUT2D eigenvalue weighted by atomic mass is 35.5. The van der Waals surface area contributed by atoms with E-state index in [9.17, 15) is 9.59 Å². The highest BCUT2D eigenvalue weighted by Crippen LogP contribution is 2.50. The summed E-state index contributed by atoms with van der Waals surface area (Å²) in [5.74, 6) is -0.649. The molecule has 0 radical (unpaired) electrons. The molecule has 0 saturated carbocycles. The number of halogens is 1. The van der Waals surface area contributed by atoms with Crippen molar-refractivity contribution in [2.45, 2.75) is 18.7 Å². The molecule has 5 nitrogen and oxygen atoms in total. The van der Waals surface area contributed by atoms with Crippen molar-refractivity contribution in [1.82, 2.24) is 10.4 Å². The second kappa shape index (κ2) is 6.35. The van der Waals surface area contributed by atoms with Crippen molar-refractivity contribution in [1.29, 1.82) is 0 Å². The smallest absolute Gasteiger partial charge is 0.287 e. The van der Waals surface area contributed by atoms with Gasteiger partial charge in [-0.05, 0) is 49.1 Å². The van der Waals surface area contributed by atoms with Crippen molar-refractivity contribution < 1.29 is 9.59 Å². The van der Waals surface area contributed by atoms with Gasteiger partial charge in [0.2, 0.25) is 5.91 Å². The SMILES string of the molecule is CCN1/C(=C2\SC(=S)N(NC(C)=O)C2=O)Sc2ccc(Cl)cc21. The Hall–Kier alpha value is -1.22. The Bertz CT molecular complexity index is 766. The molecule has 1 aromatic rings. The number of nitrogens with one attached hydrogen (secondary N) is 1. The number of thioether (sulfide) groups is 2. The molecule has 1 N–H and O–H groups in total. The monoisotopic (exact) mass is 385 g/mol. The van der Waals surface area contributed by atoms with E-state index in [2.05, 4.69) is 5.43 Å². The van der Waals surface area contributed by atoms with Crippen LogP contribution < -0.4 is 10.3 Å². The van der Waals surface area contributed by atoms with E-state index in [1.165, 1.54) is 30.4 Å². The lowest BCUT2D eigenvalue weighted by Crippen LogP contribution is -2.43. The maximum atomic E-state index is 12.6. The number of amides is 2. The number of carbonyl (C=O) groups excluding carboxylic acids is 2. The van der Waals surface area contributed by atoms with Crippen LogP contribution in [0.3, 0.4) is 0 Å². The van der Waals surface area contributed by atoms with Gasteiger partial charge in [0.25, 0.3) is 5.91 Å². The highest BCUT2D eigenvalue weighted by Gasteiger charge is 2.39. The van der Waals surface area contributed by atoms with E-state index >= 15 is 0 Å². The number of benzene rings is 1. The number of hydrogen-bond donors (Lipinski definition) is 1. The molecule has 1 fully saturated rings. The topological polar surface area (TPSA) is 52.6 Å². The summed E-state index contributed by atoms with van der Waals surface area (Å²) in [6, 6.07) is 5.65. The molecule has 0 atom stereocenters. The number of fused-ring (bicyclic) bond motifs is 1. The number of hydrazine groups is 1. The Morgan fingerprint density at radius 1 is 1.39 bits per heavy atom. The third-order valence-corrected chi connectivity index (χ3v) is 6.12. The summed E-state index contributed by atoms with van der Waals surface area (Å²) in [5.41, 5.74) is 3.43. The van der Waals surface area contributed by atoms with Gasteiger partial charge < -0.3 is 4.90 Å². The average molecular weight is 386 g/mol. The second-order valence-corrected chi connectivity index (χ2v) is 7.88. The summed E-state index contributed by atoms with van der Waals surface area (Å²) in [4.78, 5) is 27.4. The van der Waals surface area contributed by atoms with Gasteiger partial charge >= 0.3 is 0 Å². The minimum Gasteiger partial charge on any atom is -0.334 e. The zero-order valence-electron chi connectivity index (χ0n) is 12.3. The molecule has 1 aromatic carbocycles. The largest absolute Gasteiger partial charge is 0.334 e. The molecule has 120 valence electrons. The minimum atomic E-state index is -0.339. The summed E-state index contributed by atoms with van der Waals surface area (Å²) >= 11 is 14.0. The lowest BCUT2D eigenvalue weighted by Gasteiger charge is -2.19. The van der Waals surface area contributed by atoms with E-state index in [4.69, 9.17) is 23.8 Å². The summed E-state index contributed by atoms with van der Waals surface area (Å²) in [6.07, 6.45) is 0. The molecule has 0 aliphatic carbocycles. The fourth-order valence-corrected chi connectivity index (χ4v) is 4.99. The predicted octanol–water partition coefficient (Wildman–Crippen LogP) is 3.35. The number of hydrogen-bond acceptors (Lipinski definition) is 6. The molecule has 0 spiro atoms. The Morgan fingerprint density at radius 3 is 2.78 bits per heavy atom. The first-order valence-electron chi connectivity index (χ1n) is 6.75. The van der Waals surface area contributed by atoms with E-state index in [1.807, 2.05) is 30.0 Å². The fourth-order valence-electron chi connectivity index (χ4n) is 2.29. The molecule has 0 bridgehead atoms. The maximum absolute atomic E-state index is 12.6. The van der Waals surface area contributed by atoms with Gasteiger partial charge in [0, 0.05) is 23.4 Å². The molecule has 0 unspecified atom stereocenters. The van der Waals surface area contributed by atoms with Crippen LogP contribution >= 0.6 is 47.3 Å². The second-order valence-electron chi connectivity index (χ2n) is 4.77. The van der Waals surface area contributed by atoms with Crippen molar-refractivity contribution >= 4 is 69.2 Å². The van der Waals surface area contributed by atoms with Gasteiger partial charge in [-0.25, -0.2) is 0 Å². The number of anilines is 1. The summed E-state index contributed by atoms with van der Waals surface area (Å²) in [5, 5.41) is 2.58. The van der Waals surface area contributed by atoms with Crippen molar-refractivity contribution in [3.63, 3.8) is 0 Å². The van der Waals surface area contributed by atoms with Gasteiger partial charge in [-0.15, -0.1) is 0 Å². The molecular weight excluding hydrogens is 374 g/mol. The zero-order chi connectivity index (χ0) is 16.7. The highest BCUT2D eigenvalue weighted by molar-refractivity contribution is 8.27. The van der Waals surface area contributed by atoms with Crippen molar-refractivity contribution in [3.05, 3.63) is 33.2 Å². The summed E-state index contributed by atoms with van der Waals surface area (Å²) in [7, 11) is 0. The summed E-state index contributed by atoms with van der Waals surface area (Å²) < 4.78 is 0.318. The summed E-state index contributed by atoms with van der Waals surface area (Å²) in [6.45, 7) is 4.04. The van der Waals surface area contributed by atoms with Gasteiger partial charge in [0.1, 0.15) is 9.93 Å². The third kappa shape index (κ3) is 2.96. The van der Waals surface area contributed by atoms with Gasteiger partial charge in [-0.1, -0.05) is 23.4 Å². The van der Waals surface area contributed by atoms with Crippen LogP contribution in [0, 0.1) is 0 Å². The Kier molecular flexibility index (Phi) is 4.59. The molecule has 2 amide bonds. The van der Waals surface area contributed by atoms with E-state index in [1.54, 1.807) is 0 Å². The predicted molar refractivity (Wildman–Crippen MR) is 98.2 cm³/mol. The van der Waals surface area contributed by atoms with Crippen LogP contribution in [0.2, 0.25) is 5.02 Å². The molecule has 2 heterocycles. The van der Waals surface area contributed by atoms with Crippen LogP contribution in [-0.4, -0.2) is 27.7 Å². The lowest BCUT2D eigenvalue weighted by molar-refractivity contribution is -0.132. The van der Waals surface area contributed by atoms with E-state index < -0.39 is 0 Å². The molecule has 2 aliphatic heterocycles. The molecular formula is C14H12ClN3O2S3. The van der Waals surface area contributed by atoms with Crippen LogP contribution in [0.15, 0.2) is 33.0 Å². The van der Waals surface area contributed by atoms with Crippen LogP contribution in [0.1, 0.15) is 13.8 Å². The number of thiocarbonyl (C=S) groups is 1. The normalized spacial score (nSPS) is 20.3. The third-order valence-electron chi connectivity index (χ3n) is 3.21. The van der Waals surface area contributed by atoms with Gasteiger partial charge in [0.05, 0.1) is 5.69 Å². The first-order valence-corrected chi connectivity index (χ1v) is 9.17. The average Bonchev–Trinajstić information content (AvgIpc) is 2.98. The maximum Gasteiger partial charge on any atom is 0.287 e. The molecule has 9 heteroatoms. The molecule has 2 aliphatic rings. The van der Waals surface area contributed by atoms with Gasteiger partial charge in [-0.3, -0.25) is 15.0 Å². The van der Waals surface area contributed by atoms with Crippen molar-refractivity contribution in [2.24, 2.45) is 0 Å². The van der Waals surface area contributed by atoms with Crippen LogP contribution in [-0.2, 0) is 9.59 Å². The molecule has 1 saturated heterocycles. The number of carbonyl (C=O) groups is 2. The van der Waals surface area contributed by atoms with Crippen molar-refractivity contribution in [3.8, 4) is 0 Å². The zero-order valence-corrected chi connectivity index (χ0v) is 15.5. The fraction of sp³-hybridized carbons (Fsp3) is 0.214. The molecule has 23 heavy (non-hydrogen) atoms. The minimum absolute atomic E-state index is 0.310. The van der Waals surface area contributed by atoms with E-state index in [-0.39, 0.29) is 11.8 Å². The Labute approximate surface area is 152 Å². The van der Waals surface area contributed by atoms with Crippen LogP contribution in [0.25, 0.3) is 0 Å². The Morgan fingerprint density at radius 2 is 2.13 bits per heavy atom. The first-order chi connectivity index (χ1) is 10.9. The lowest BCUT2D eigenvalue weighted by atomic mass is 10.3. The molecule has 3 rings (SSSR count). The molecule has 0 aromatic heterocycles. The standard InChI is InChI=1S/C14H12ClN3O2S3/c1-3-17-9-6-8(15)4-5-10(9)22-13(17)11-12(20)18(14(21)23-11)16-7(2)19/h4-6H,3H2,1-2H3,(H,16,19)/b13-11+. The Balaban J connectivity index is 2.01. The first kappa shape index (κ1) is 16.6.